The number of nitrogens with one attached hydrogen (secondary N) is 1. The van der Waals surface area contributed by atoms with Crippen molar-refractivity contribution >= 4 is 35.2 Å². The second kappa shape index (κ2) is 9.10. The first-order valence-electron chi connectivity index (χ1n) is 5.65. The number of nitrogens with two attached hydrogens (primary N) is 2. The minimum atomic E-state index is -0.476. The summed E-state index contributed by atoms with van der Waals surface area (Å²) < 4.78 is 0. The highest BCUT2D eigenvalue weighted by molar-refractivity contribution is 5.85. The Hall–Kier alpha value is -2.91. The minimum Gasteiger partial charge on any atom is -0.399 e. The van der Waals surface area contributed by atoms with E-state index in [1.165, 1.54) is 24.3 Å². The Balaban J connectivity index is 0.000000385. The smallest absolute Gasteiger partial charge is 0.271 e. The van der Waals surface area contributed by atoms with Gasteiger partial charge in [-0.1, -0.05) is 12.1 Å². The van der Waals surface area contributed by atoms with Crippen LogP contribution in [0.15, 0.2) is 48.5 Å². The molecule has 10 heteroatoms. The predicted octanol–water partition coefficient (Wildman–Crippen LogP) is 2.48. The molecule has 0 aromatic heterocycles. The van der Waals surface area contributed by atoms with Crippen LogP contribution in [0, 0.1) is 20.2 Å². The molecule has 118 valence electrons. The summed E-state index contributed by atoms with van der Waals surface area (Å²) >= 11 is 0. The Morgan fingerprint density at radius 1 is 0.909 bits per heavy atom. The highest BCUT2D eigenvalue weighted by Crippen LogP contribution is 2.15. The molecule has 0 saturated carbocycles. The van der Waals surface area contributed by atoms with E-state index in [1.807, 2.05) is 0 Å². The van der Waals surface area contributed by atoms with Crippen LogP contribution in [0.1, 0.15) is 0 Å². The number of nitro groups is 2. The number of nitro benzene ring substituents is 2. The van der Waals surface area contributed by atoms with Gasteiger partial charge in [0.15, 0.2) is 0 Å². The molecule has 0 saturated heterocycles. The van der Waals surface area contributed by atoms with Crippen LogP contribution >= 0.6 is 12.4 Å². The fourth-order valence-corrected chi connectivity index (χ4v) is 1.35. The van der Waals surface area contributed by atoms with Gasteiger partial charge >= 0.3 is 0 Å². The lowest BCUT2D eigenvalue weighted by Crippen LogP contribution is -2.06. The number of benzene rings is 2. The topological polar surface area (TPSA) is 150 Å². The Morgan fingerprint density at radius 3 is 1.82 bits per heavy atom. The molecule has 2 aromatic carbocycles. The van der Waals surface area contributed by atoms with E-state index in [0.717, 1.165) is 0 Å². The molecule has 0 bridgehead atoms. The van der Waals surface area contributed by atoms with Crippen molar-refractivity contribution in [2.75, 3.05) is 11.2 Å². The molecule has 2 rings (SSSR count). The normalized spacial score (nSPS) is 8.77. The van der Waals surface area contributed by atoms with Crippen LogP contribution in [0.2, 0.25) is 0 Å². The molecular formula is C12H14ClN5O4. The van der Waals surface area contributed by atoms with Gasteiger partial charge in [-0.25, -0.2) is 0 Å². The molecule has 0 aliphatic carbocycles. The van der Waals surface area contributed by atoms with Gasteiger partial charge in [-0.15, -0.1) is 12.4 Å². The van der Waals surface area contributed by atoms with E-state index in [2.05, 4.69) is 5.43 Å². The quantitative estimate of drug-likeness (QED) is 0.339. The molecule has 0 fully saturated rings. The molecule has 0 atom stereocenters. The lowest BCUT2D eigenvalue weighted by molar-refractivity contribution is -0.385. The maximum Gasteiger partial charge on any atom is 0.271 e. The van der Waals surface area contributed by atoms with Gasteiger partial charge in [0.25, 0.3) is 11.4 Å². The first kappa shape index (κ1) is 19.1. The zero-order valence-corrected chi connectivity index (χ0v) is 12.0. The minimum absolute atomic E-state index is 0. The zero-order valence-electron chi connectivity index (χ0n) is 11.2. The first-order chi connectivity index (χ1) is 9.93. The fraction of sp³-hybridized carbons (Fsp3) is 0. The van der Waals surface area contributed by atoms with Gasteiger partial charge in [0.05, 0.1) is 15.5 Å². The maximum absolute atomic E-state index is 10.2. The maximum atomic E-state index is 10.2. The summed E-state index contributed by atoms with van der Waals surface area (Å²) in [7, 11) is 0. The molecule has 2 aromatic rings. The van der Waals surface area contributed by atoms with Gasteiger partial charge in [-0.3, -0.25) is 26.1 Å². The number of nitrogen functional groups attached to an aromatic ring is 2. The summed E-state index contributed by atoms with van der Waals surface area (Å²) in [5.41, 5.74) is 8.60. The molecule has 0 aliphatic rings. The molecule has 5 N–H and O–H groups in total. The van der Waals surface area contributed by atoms with Crippen LogP contribution in [-0.2, 0) is 0 Å². The summed E-state index contributed by atoms with van der Waals surface area (Å²) in [5, 5.41) is 20.3. The summed E-state index contributed by atoms with van der Waals surface area (Å²) in [6, 6.07) is 11.8. The molecule has 0 amide bonds. The molecule has 0 heterocycles. The van der Waals surface area contributed by atoms with E-state index >= 15 is 0 Å². The molecular weight excluding hydrogens is 314 g/mol. The Kier molecular flexibility index (Phi) is 7.90. The lowest BCUT2D eigenvalue weighted by Gasteiger charge is -1.96. The summed E-state index contributed by atoms with van der Waals surface area (Å²) in [6.07, 6.45) is 0. The number of non-ortho nitro benzene ring substituents is 2. The molecule has 0 unspecified atom stereocenters. The van der Waals surface area contributed by atoms with E-state index in [0.29, 0.717) is 11.4 Å². The van der Waals surface area contributed by atoms with Crippen LogP contribution < -0.4 is 17.0 Å². The van der Waals surface area contributed by atoms with Crippen LogP contribution in [0.5, 0.6) is 0 Å². The third-order valence-electron chi connectivity index (χ3n) is 2.30. The van der Waals surface area contributed by atoms with Crippen LogP contribution in [0.4, 0.5) is 22.7 Å². The van der Waals surface area contributed by atoms with E-state index in [9.17, 15) is 20.2 Å². The van der Waals surface area contributed by atoms with Crippen molar-refractivity contribution in [2.45, 2.75) is 0 Å². The Bertz CT molecular complexity index is 653. The van der Waals surface area contributed by atoms with Crippen molar-refractivity contribution in [3.63, 3.8) is 0 Å². The van der Waals surface area contributed by atoms with Gasteiger partial charge in [-0.05, 0) is 12.1 Å². The summed E-state index contributed by atoms with van der Waals surface area (Å²) in [4.78, 5) is 19.4. The third kappa shape index (κ3) is 6.03. The lowest BCUT2D eigenvalue weighted by atomic mass is 10.3. The van der Waals surface area contributed by atoms with E-state index in [1.54, 1.807) is 24.3 Å². The monoisotopic (exact) mass is 327 g/mol. The number of hydrogen-bond donors (Lipinski definition) is 3. The largest absolute Gasteiger partial charge is 0.399 e. The molecule has 0 radical (unpaired) electrons. The number of nitrogens with zero attached hydrogens (tertiary/aromatic N) is 2. The van der Waals surface area contributed by atoms with Crippen LogP contribution in [-0.4, -0.2) is 9.85 Å². The van der Waals surface area contributed by atoms with Crippen molar-refractivity contribution in [1.29, 1.82) is 0 Å². The van der Waals surface area contributed by atoms with Crippen molar-refractivity contribution < 1.29 is 9.85 Å². The van der Waals surface area contributed by atoms with E-state index in [-0.39, 0.29) is 23.8 Å². The molecule has 9 nitrogen and oxygen atoms in total. The average molecular weight is 328 g/mol. The van der Waals surface area contributed by atoms with Crippen molar-refractivity contribution in [3.05, 3.63) is 68.8 Å². The van der Waals surface area contributed by atoms with E-state index < -0.39 is 9.85 Å². The van der Waals surface area contributed by atoms with Crippen molar-refractivity contribution in [3.8, 4) is 0 Å². The zero-order chi connectivity index (χ0) is 15.8. The molecule has 0 aliphatic heterocycles. The second-order valence-corrected chi connectivity index (χ2v) is 3.80. The SMILES string of the molecule is Cl.NNc1cccc([N+](=O)[O-])c1.Nc1cccc([N+](=O)[O-])c1. The van der Waals surface area contributed by atoms with Gasteiger partial charge in [-0.2, -0.15) is 0 Å². The predicted molar refractivity (Wildman–Crippen MR) is 85.7 cm³/mol. The second-order valence-electron chi connectivity index (χ2n) is 3.80. The highest BCUT2D eigenvalue weighted by atomic mass is 35.5. The Labute approximate surface area is 131 Å². The van der Waals surface area contributed by atoms with Gasteiger partial charge in [0, 0.05) is 30.0 Å². The van der Waals surface area contributed by atoms with Crippen LogP contribution in [0.3, 0.4) is 0 Å². The van der Waals surface area contributed by atoms with Crippen LogP contribution in [0.25, 0.3) is 0 Å². The molecule has 22 heavy (non-hydrogen) atoms. The van der Waals surface area contributed by atoms with Crippen molar-refractivity contribution in [1.82, 2.24) is 0 Å². The van der Waals surface area contributed by atoms with Gasteiger partial charge < -0.3 is 11.2 Å². The summed E-state index contributed by atoms with van der Waals surface area (Å²) in [5.74, 6) is 5.05. The first-order valence-corrected chi connectivity index (χ1v) is 5.65. The number of halogens is 1. The summed E-state index contributed by atoms with van der Waals surface area (Å²) in [6.45, 7) is 0. The van der Waals surface area contributed by atoms with Gasteiger partial charge in [0.1, 0.15) is 0 Å². The number of anilines is 2. The third-order valence-corrected chi connectivity index (χ3v) is 2.30. The number of hydrazine groups is 1. The van der Waals surface area contributed by atoms with E-state index in [4.69, 9.17) is 11.6 Å². The average Bonchev–Trinajstić information content (AvgIpc) is 2.48. The number of rotatable bonds is 3. The standard InChI is InChI=1S/C6H7N3O2.C6H6N2O2.ClH/c7-8-5-2-1-3-6(4-5)9(10)11;7-5-2-1-3-6(4-5)8(9)10;/h1-4,8H,7H2;1-4H,7H2;1H. The van der Waals surface area contributed by atoms with Crippen molar-refractivity contribution in [2.24, 2.45) is 5.84 Å². The Morgan fingerprint density at radius 2 is 1.41 bits per heavy atom. The highest BCUT2D eigenvalue weighted by Gasteiger charge is 2.03. The number of hydrogen-bond acceptors (Lipinski definition) is 7. The van der Waals surface area contributed by atoms with Gasteiger partial charge in [0.2, 0.25) is 0 Å². The fourth-order valence-electron chi connectivity index (χ4n) is 1.35. The molecule has 0 spiro atoms.